The van der Waals surface area contributed by atoms with E-state index < -0.39 is 0 Å². The van der Waals surface area contributed by atoms with E-state index in [4.69, 9.17) is 23.2 Å². The first kappa shape index (κ1) is 16.6. The molecule has 106 valence electrons. The molecule has 0 radical (unpaired) electrons. The van der Waals surface area contributed by atoms with Crippen molar-refractivity contribution in [2.24, 2.45) is 0 Å². The number of carbonyl (C=O) groups is 1. The van der Waals surface area contributed by atoms with Crippen LogP contribution in [0, 0.1) is 0 Å². The molecule has 1 aliphatic heterocycles. The molecule has 1 N–H and O–H groups in total. The minimum atomic E-state index is 0. The summed E-state index contributed by atoms with van der Waals surface area (Å²) < 4.78 is 0. The van der Waals surface area contributed by atoms with Crippen LogP contribution in [0.5, 0.6) is 0 Å². The number of halogens is 3. The van der Waals surface area contributed by atoms with E-state index in [0.29, 0.717) is 16.5 Å². The SMILES string of the molecule is C[C@@H]1CNCCN1C(=O)Cc1cc(Cl)ccc1Cl.Cl. The van der Waals surface area contributed by atoms with Gasteiger partial charge in [0.25, 0.3) is 0 Å². The Labute approximate surface area is 129 Å². The van der Waals surface area contributed by atoms with Gasteiger partial charge in [0.05, 0.1) is 6.42 Å². The van der Waals surface area contributed by atoms with Gasteiger partial charge in [-0.2, -0.15) is 0 Å². The summed E-state index contributed by atoms with van der Waals surface area (Å²) >= 11 is 12.0. The molecule has 19 heavy (non-hydrogen) atoms. The monoisotopic (exact) mass is 322 g/mol. The molecule has 0 aliphatic carbocycles. The van der Waals surface area contributed by atoms with Gasteiger partial charge in [-0.1, -0.05) is 23.2 Å². The lowest BCUT2D eigenvalue weighted by molar-refractivity contribution is -0.133. The molecule has 1 amide bonds. The minimum Gasteiger partial charge on any atom is -0.337 e. The Balaban J connectivity index is 0.00000180. The van der Waals surface area contributed by atoms with Gasteiger partial charge in [-0.25, -0.2) is 0 Å². The third-order valence-corrected chi connectivity index (χ3v) is 3.77. The van der Waals surface area contributed by atoms with Crippen molar-refractivity contribution in [2.45, 2.75) is 19.4 Å². The zero-order chi connectivity index (χ0) is 13.1. The quantitative estimate of drug-likeness (QED) is 0.907. The minimum absolute atomic E-state index is 0. The zero-order valence-electron chi connectivity index (χ0n) is 10.7. The summed E-state index contributed by atoms with van der Waals surface area (Å²) in [6.07, 6.45) is 0.309. The van der Waals surface area contributed by atoms with E-state index >= 15 is 0 Å². The summed E-state index contributed by atoms with van der Waals surface area (Å²) in [6.45, 7) is 4.48. The predicted molar refractivity (Wildman–Crippen MR) is 81.5 cm³/mol. The highest BCUT2D eigenvalue weighted by Crippen LogP contribution is 2.22. The topological polar surface area (TPSA) is 32.3 Å². The van der Waals surface area contributed by atoms with E-state index in [9.17, 15) is 4.79 Å². The van der Waals surface area contributed by atoms with Crippen molar-refractivity contribution >= 4 is 41.5 Å². The van der Waals surface area contributed by atoms with Crippen molar-refractivity contribution in [3.05, 3.63) is 33.8 Å². The summed E-state index contributed by atoms with van der Waals surface area (Å²) in [5.74, 6) is 0.105. The van der Waals surface area contributed by atoms with Gasteiger partial charge in [-0.05, 0) is 30.7 Å². The lowest BCUT2D eigenvalue weighted by atomic mass is 10.1. The average molecular weight is 324 g/mol. The number of benzene rings is 1. The zero-order valence-corrected chi connectivity index (χ0v) is 13.0. The van der Waals surface area contributed by atoms with E-state index in [1.165, 1.54) is 0 Å². The highest BCUT2D eigenvalue weighted by molar-refractivity contribution is 6.33. The van der Waals surface area contributed by atoms with Crippen molar-refractivity contribution < 1.29 is 4.79 Å². The van der Waals surface area contributed by atoms with Gasteiger partial charge in [0.15, 0.2) is 0 Å². The molecule has 1 atom stereocenters. The number of hydrogen-bond acceptors (Lipinski definition) is 2. The Morgan fingerprint density at radius 2 is 2.21 bits per heavy atom. The fourth-order valence-corrected chi connectivity index (χ4v) is 2.53. The Morgan fingerprint density at radius 1 is 1.47 bits per heavy atom. The summed E-state index contributed by atoms with van der Waals surface area (Å²) in [4.78, 5) is 14.1. The summed E-state index contributed by atoms with van der Waals surface area (Å²) in [6, 6.07) is 5.44. The number of hydrogen-bond donors (Lipinski definition) is 1. The number of amides is 1. The normalized spacial score (nSPS) is 18.9. The lowest BCUT2D eigenvalue weighted by Gasteiger charge is -2.34. The van der Waals surface area contributed by atoms with Gasteiger partial charge in [0.1, 0.15) is 0 Å². The first-order chi connectivity index (χ1) is 8.58. The number of piperazine rings is 1. The highest BCUT2D eigenvalue weighted by Gasteiger charge is 2.23. The first-order valence-electron chi connectivity index (χ1n) is 6.02. The van der Waals surface area contributed by atoms with Crippen LogP contribution in [0.3, 0.4) is 0 Å². The molecule has 6 heteroatoms. The Bertz CT molecular complexity index is 454. The molecule has 3 nitrogen and oxygen atoms in total. The summed E-state index contributed by atoms with van der Waals surface area (Å²) in [5, 5.41) is 4.46. The third kappa shape index (κ3) is 4.25. The first-order valence-corrected chi connectivity index (χ1v) is 6.77. The second-order valence-electron chi connectivity index (χ2n) is 4.55. The van der Waals surface area contributed by atoms with Gasteiger partial charge < -0.3 is 10.2 Å². The van der Waals surface area contributed by atoms with Crippen LogP contribution in [0.4, 0.5) is 0 Å². The lowest BCUT2D eigenvalue weighted by Crippen LogP contribution is -2.52. The van der Waals surface area contributed by atoms with Gasteiger partial charge >= 0.3 is 0 Å². The maximum atomic E-state index is 12.2. The molecular formula is C13H17Cl3N2O. The van der Waals surface area contributed by atoms with E-state index in [1.54, 1.807) is 18.2 Å². The van der Waals surface area contributed by atoms with Crippen molar-refractivity contribution in [2.75, 3.05) is 19.6 Å². The molecule has 0 bridgehead atoms. The van der Waals surface area contributed by atoms with Gasteiger partial charge in [-0.15, -0.1) is 12.4 Å². The molecule has 0 aromatic heterocycles. The van der Waals surface area contributed by atoms with Crippen LogP contribution >= 0.6 is 35.6 Å². The van der Waals surface area contributed by atoms with E-state index in [2.05, 4.69) is 5.32 Å². The van der Waals surface area contributed by atoms with Gasteiger partial charge in [0.2, 0.25) is 5.91 Å². The second-order valence-corrected chi connectivity index (χ2v) is 5.40. The fraction of sp³-hybridized carbons (Fsp3) is 0.462. The molecule has 2 rings (SSSR count). The summed E-state index contributed by atoms with van der Waals surface area (Å²) in [7, 11) is 0. The number of nitrogens with one attached hydrogen (secondary N) is 1. The van der Waals surface area contributed by atoms with Crippen molar-refractivity contribution in [1.29, 1.82) is 0 Å². The largest absolute Gasteiger partial charge is 0.337 e. The van der Waals surface area contributed by atoms with Crippen LogP contribution in [0.25, 0.3) is 0 Å². The van der Waals surface area contributed by atoms with Gasteiger partial charge in [-0.3, -0.25) is 4.79 Å². The van der Waals surface area contributed by atoms with Crippen molar-refractivity contribution in [3.63, 3.8) is 0 Å². The van der Waals surface area contributed by atoms with Crippen molar-refractivity contribution in [3.8, 4) is 0 Å². The molecule has 0 unspecified atom stereocenters. The van der Waals surface area contributed by atoms with Crippen LogP contribution in [-0.4, -0.2) is 36.5 Å². The van der Waals surface area contributed by atoms with Crippen LogP contribution < -0.4 is 5.32 Å². The van der Waals surface area contributed by atoms with E-state index in [0.717, 1.165) is 25.2 Å². The highest BCUT2D eigenvalue weighted by atomic mass is 35.5. The number of rotatable bonds is 2. The molecule has 1 aliphatic rings. The third-order valence-electron chi connectivity index (χ3n) is 3.17. The Morgan fingerprint density at radius 3 is 2.89 bits per heavy atom. The molecule has 1 aromatic carbocycles. The van der Waals surface area contributed by atoms with Crippen LogP contribution in [0.2, 0.25) is 10.0 Å². The molecular weight excluding hydrogens is 307 g/mol. The maximum absolute atomic E-state index is 12.2. The van der Waals surface area contributed by atoms with Gasteiger partial charge in [0, 0.05) is 35.7 Å². The molecule has 1 aromatic rings. The standard InChI is InChI=1S/C13H16Cl2N2O.ClH/c1-9-8-16-4-5-17(9)13(18)7-10-6-11(14)2-3-12(10)15;/h2-3,6,9,16H,4-5,7-8H2,1H3;1H/t9-;/m1./s1. The fourth-order valence-electron chi connectivity index (χ4n) is 2.15. The average Bonchev–Trinajstić information content (AvgIpc) is 2.34. The Kier molecular flexibility index (Phi) is 6.40. The maximum Gasteiger partial charge on any atom is 0.227 e. The Hall–Kier alpha value is -0.480. The van der Waals surface area contributed by atoms with Crippen molar-refractivity contribution in [1.82, 2.24) is 10.2 Å². The number of nitrogens with zero attached hydrogens (tertiary/aromatic N) is 1. The number of carbonyl (C=O) groups excluding carboxylic acids is 1. The molecule has 1 saturated heterocycles. The van der Waals surface area contributed by atoms with E-state index in [1.807, 2.05) is 11.8 Å². The smallest absolute Gasteiger partial charge is 0.227 e. The summed E-state index contributed by atoms with van der Waals surface area (Å²) in [5.41, 5.74) is 0.792. The molecule has 0 saturated carbocycles. The van der Waals surface area contributed by atoms with Crippen LogP contribution in [-0.2, 0) is 11.2 Å². The predicted octanol–water partition coefficient (Wildman–Crippen LogP) is 2.78. The van der Waals surface area contributed by atoms with Crippen LogP contribution in [0.1, 0.15) is 12.5 Å². The molecule has 1 fully saturated rings. The van der Waals surface area contributed by atoms with Crippen LogP contribution in [0.15, 0.2) is 18.2 Å². The second kappa shape index (κ2) is 7.34. The molecule has 1 heterocycles. The van der Waals surface area contributed by atoms with E-state index in [-0.39, 0.29) is 24.4 Å². The molecule has 0 spiro atoms.